The molecule has 0 fully saturated rings. The lowest BCUT2D eigenvalue weighted by molar-refractivity contribution is -0.115. The number of halogens is 2. The molecule has 2 aromatic carbocycles. The summed E-state index contributed by atoms with van der Waals surface area (Å²) in [5.41, 5.74) is 0.724. The predicted molar refractivity (Wildman–Crippen MR) is 90.6 cm³/mol. The molecule has 1 aromatic heterocycles. The van der Waals surface area contributed by atoms with Crippen molar-refractivity contribution in [1.29, 1.82) is 0 Å². The van der Waals surface area contributed by atoms with E-state index in [4.69, 9.17) is 23.2 Å². The highest BCUT2D eigenvalue weighted by atomic mass is 35.5. The molecule has 0 spiro atoms. The SMILES string of the molecule is O=C(Cc1sc2ccccc2c1Cl)Nc1ccc(Cl)cc1. The molecule has 0 aliphatic heterocycles. The van der Waals surface area contributed by atoms with Gasteiger partial charge >= 0.3 is 0 Å². The Balaban J connectivity index is 1.77. The second-order valence-corrected chi connectivity index (χ2v) is 6.52. The number of hydrogen-bond acceptors (Lipinski definition) is 2. The van der Waals surface area contributed by atoms with Gasteiger partial charge in [0.05, 0.1) is 11.4 Å². The third kappa shape index (κ3) is 3.21. The number of thiophene rings is 1. The monoisotopic (exact) mass is 335 g/mol. The molecule has 0 saturated carbocycles. The van der Waals surface area contributed by atoms with Crippen LogP contribution in [0.15, 0.2) is 48.5 Å². The minimum atomic E-state index is -0.0919. The molecule has 1 amide bonds. The Hall–Kier alpha value is -1.55. The summed E-state index contributed by atoms with van der Waals surface area (Å²) in [4.78, 5) is 13.0. The van der Waals surface area contributed by atoms with Gasteiger partial charge in [-0.25, -0.2) is 0 Å². The van der Waals surface area contributed by atoms with E-state index in [0.29, 0.717) is 10.0 Å². The van der Waals surface area contributed by atoms with Crippen LogP contribution in [-0.4, -0.2) is 5.91 Å². The van der Waals surface area contributed by atoms with Crippen LogP contribution in [0, 0.1) is 0 Å². The number of carbonyl (C=O) groups is 1. The van der Waals surface area contributed by atoms with E-state index in [9.17, 15) is 4.79 Å². The summed E-state index contributed by atoms with van der Waals surface area (Å²) < 4.78 is 1.09. The number of hydrogen-bond donors (Lipinski definition) is 1. The molecule has 0 bridgehead atoms. The van der Waals surface area contributed by atoms with Gasteiger partial charge in [0.25, 0.3) is 0 Å². The van der Waals surface area contributed by atoms with Crippen LogP contribution in [-0.2, 0) is 11.2 Å². The van der Waals surface area contributed by atoms with E-state index in [2.05, 4.69) is 5.32 Å². The number of carbonyl (C=O) groups excluding carboxylic acids is 1. The molecule has 3 rings (SSSR count). The fourth-order valence-corrected chi connectivity index (χ4v) is 3.69. The van der Waals surface area contributed by atoms with Crippen LogP contribution in [0.3, 0.4) is 0 Å². The summed E-state index contributed by atoms with van der Waals surface area (Å²) in [5.74, 6) is -0.0919. The van der Waals surface area contributed by atoms with Crippen molar-refractivity contribution in [1.82, 2.24) is 0 Å². The third-order valence-corrected chi connectivity index (χ3v) is 5.02. The third-order valence-electron chi connectivity index (χ3n) is 3.05. The van der Waals surface area contributed by atoms with Crippen molar-refractivity contribution in [3.63, 3.8) is 0 Å². The lowest BCUT2D eigenvalue weighted by atomic mass is 10.2. The molecule has 0 aliphatic carbocycles. The van der Waals surface area contributed by atoms with Gasteiger partial charge in [0, 0.05) is 25.7 Å². The van der Waals surface area contributed by atoms with Crippen LogP contribution in [0.1, 0.15) is 4.88 Å². The zero-order valence-electron chi connectivity index (χ0n) is 10.9. The first-order chi connectivity index (χ1) is 10.1. The molecule has 0 atom stereocenters. The van der Waals surface area contributed by atoms with E-state index in [1.807, 2.05) is 24.3 Å². The predicted octanol–water partition coefficient (Wildman–Crippen LogP) is 5.39. The zero-order chi connectivity index (χ0) is 14.8. The summed E-state index contributed by atoms with van der Waals surface area (Å²) in [6.45, 7) is 0. The van der Waals surface area contributed by atoms with Crippen molar-refractivity contribution in [2.75, 3.05) is 5.32 Å². The molecule has 106 valence electrons. The van der Waals surface area contributed by atoms with Crippen molar-refractivity contribution in [2.24, 2.45) is 0 Å². The largest absolute Gasteiger partial charge is 0.326 e. The topological polar surface area (TPSA) is 29.1 Å². The van der Waals surface area contributed by atoms with Crippen LogP contribution in [0.2, 0.25) is 10.0 Å². The van der Waals surface area contributed by atoms with Crippen LogP contribution in [0.25, 0.3) is 10.1 Å². The van der Waals surface area contributed by atoms with Gasteiger partial charge in [-0.05, 0) is 30.3 Å². The van der Waals surface area contributed by atoms with Crippen molar-refractivity contribution in [2.45, 2.75) is 6.42 Å². The number of amides is 1. The number of rotatable bonds is 3. The van der Waals surface area contributed by atoms with Crippen molar-refractivity contribution in [3.8, 4) is 0 Å². The molecule has 0 unspecified atom stereocenters. The molecular weight excluding hydrogens is 325 g/mol. The van der Waals surface area contributed by atoms with E-state index < -0.39 is 0 Å². The minimum absolute atomic E-state index is 0.0919. The highest BCUT2D eigenvalue weighted by molar-refractivity contribution is 7.19. The molecule has 3 aromatic rings. The molecule has 0 radical (unpaired) electrons. The number of fused-ring (bicyclic) bond motifs is 1. The minimum Gasteiger partial charge on any atom is -0.326 e. The first-order valence-electron chi connectivity index (χ1n) is 6.35. The molecule has 1 heterocycles. The maximum absolute atomic E-state index is 12.1. The highest BCUT2D eigenvalue weighted by Gasteiger charge is 2.13. The molecule has 5 heteroatoms. The Bertz CT molecular complexity index is 796. The lowest BCUT2D eigenvalue weighted by Crippen LogP contribution is -2.13. The standard InChI is InChI=1S/C16H11Cl2NOS/c17-10-5-7-11(8-6-10)19-15(20)9-14-16(18)12-3-1-2-4-13(12)21-14/h1-8H,9H2,(H,19,20). The fourth-order valence-electron chi connectivity index (χ4n) is 2.06. The van der Waals surface area contributed by atoms with Crippen molar-refractivity contribution >= 4 is 56.2 Å². The van der Waals surface area contributed by atoms with Gasteiger partial charge in [-0.2, -0.15) is 0 Å². The summed E-state index contributed by atoms with van der Waals surface area (Å²) in [7, 11) is 0. The second kappa shape index (κ2) is 6.06. The highest BCUT2D eigenvalue weighted by Crippen LogP contribution is 2.35. The van der Waals surface area contributed by atoms with Crippen LogP contribution in [0.5, 0.6) is 0 Å². The van der Waals surface area contributed by atoms with Crippen molar-refractivity contribution in [3.05, 3.63) is 63.5 Å². The summed E-state index contributed by atoms with van der Waals surface area (Å²) >= 11 is 13.7. The summed E-state index contributed by atoms with van der Waals surface area (Å²) in [6, 6.07) is 14.9. The second-order valence-electron chi connectivity index (χ2n) is 4.57. The fraction of sp³-hybridized carbons (Fsp3) is 0.0625. The molecule has 21 heavy (non-hydrogen) atoms. The molecular formula is C16H11Cl2NOS. The maximum Gasteiger partial charge on any atom is 0.229 e. The molecule has 0 aliphatic rings. The van der Waals surface area contributed by atoms with Crippen LogP contribution in [0.4, 0.5) is 5.69 Å². The van der Waals surface area contributed by atoms with E-state index in [1.54, 1.807) is 35.6 Å². The van der Waals surface area contributed by atoms with Crippen molar-refractivity contribution < 1.29 is 4.79 Å². The Labute approximate surface area is 136 Å². The van der Waals surface area contributed by atoms with Gasteiger partial charge in [0.1, 0.15) is 0 Å². The first kappa shape index (κ1) is 14.4. The van der Waals surface area contributed by atoms with E-state index in [1.165, 1.54) is 0 Å². The maximum atomic E-state index is 12.1. The Morgan fingerprint density at radius 1 is 1.05 bits per heavy atom. The summed E-state index contributed by atoms with van der Waals surface area (Å²) in [5, 5.41) is 5.15. The van der Waals surface area contributed by atoms with Gasteiger partial charge < -0.3 is 5.32 Å². The van der Waals surface area contributed by atoms with Gasteiger partial charge in [-0.1, -0.05) is 41.4 Å². The summed E-state index contributed by atoms with van der Waals surface area (Å²) in [6.07, 6.45) is 0.265. The number of benzene rings is 2. The van der Waals surface area contributed by atoms with Gasteiger partial charge in [0.2, 0.25) is 5.91 Å². The molecule has 2 nitrogen and oxygen atoms in total. The zero-order valence-corrected chi connectivity index (χ0v) is 13.2. The van der Waals surface area contributed by atoms with Crippen LogP contribution >= 0.6 is 34.5 Å². The lowest BCUT2D eigenvalue weighted by Gasteiger charge is -2.04. The van der Waals surface area contributed by atoms with E-state index >= 15 is 0 Å². The first-order valence-corrected chi connectivity index (χ1v) is 7.92. The average Bonchev–Trinajstić information content (AvgIpc) is 2.78. The van der Waals surface area contributed by atoms with Gasteiger partial charge in [-0.15, -0.1) is 11.3 Å². The van der Waals surface area contributed by atoms with Gasteiger partial charge in [-0.3, -0.25) is 4.79 Å². The Morgan fingerprint density at radius 3 is 2.48 bits per heavy atom. The van der Waals surface area contributed by atoms with Gasteiger partial charge in [0.15, 0.2) is 0 Å². The van der Waals surface area contributed by atoms with Crippen LogP contribution < -0.4 is 5.32 Å². The van der Waals surface area contributed by atoms with E-state index in [-0.39, 0.29) is 12.3 Å². The number of nitrogens with one attached hydrogen (secondary N) is 1. The average molecular weight is 336 g/mol. The van der Waals surface area contributed by atoms with E-state index in [0.717, 1.165) is 20.7 Å². The smallest absolute Gasteiger partial charge is 0.229 e. The Kier molecular flexibility index (Phi) is 4.15. The Morgan fingerprint density at radius 2 is 1.76 bits per heavy atom. The molecule has 1 N–H and O–H groups in total. The quantitative estimate of drug-likeness (QED) is 0.683. The number of anilines is 1. The normalized spacial score (nSPS) is 10.8. The molecule has 0 saturated heterocycles.